The van der Waals surface area contributed by atoms with Crippen LogP contribution in [0.4, 0.5) is 0 Å². The third-order valence-corrected chi connectivity index (χ3v) is 3.49. The van der Waals surface area contributed by atoms with Gasteiger partial charge in [0.05, 0.1) is 19.4 Å². The summed E-state index contributed by atoms with van der Waals surface area (Å²) < 4.78 is 13.3. The highest BCUT2D eigenvalue weighted by atomic mass is 79.9. The van der Waals surface area contributed by atoms with Crippen LogP contribution in [0.3, 0.4) is 0 Å². The Balaban J connectivity index is 2.80. The molecular weight excluding hydrogens is 472 g/mol. The number of benzene rings is 1. The topological polar surface area (TPSA) is 18.5 Å². The van der Waals surface area contributed by atoms with Crippen molar-refractivity contribution in [3.05, 3.63) is 30.5 Å². The van der Waals surface area contributed by atoms with E-state index < -0.39 is 0 Å². The van der Waals surface area contributed by atoms with Crippen molar-refractivity contribution in [1.29, 1.82) is 0 Å². The van der Waals surface area contributed by atoms with E-state index in [-0.39, 0.29) is 0 Å². The Morgan fingerprint density at radius 2 is 1.81 bits per heavy atom. The van der Waals surface area contributed by atoms with Gasteiger partial charge in [0.25, 0.3) is 0 Å². The molecule has 0 aliphatic heterocycles. The third kappa shape index (κ3) is 4.39. The zero-order valence-corrected chi connectivity index (χ0v) is 14.6. The molecule has 0 atom stereocenters. The van der Waals surface area contributed by atoms with Crippen molar-refractivity contribution in [2.24, 2.45) is 0 Å². The fraction of sp³-hybridized carbons (Fsp3) is 0.200. The lowest BCUT2D eigenvalue weighted by Gasteiger charge is -2.09. The predicted octanol–water partition coefficient (Wildman–Crippen LogP) is 5.23. The van der Waals surface area contributed by atoms with Gasteiger partial charge >= 0.3 is 0 Å². The molecule has 0 radical (unpaired) electrons. The largest absolute Gasteiger partial charge is 0.494 e. The second-order valence-electron chi connectivity index (χ2n) is 2.72. The van der Waals surface area contributed by atoms with Crippen LogP contribution in [0.2, 0.25) is 0 Å². The van der Waals surface area contributed by atoms with Crippen molar-refractivity contribution in [1.82, 2.24) is 0 Å². The molecule has 0 N–H and O–H groups in total. The monoisotopic (exact) mass is 476 g/mol. The van der Waals surface area contributed by atoms with Gasteiger partial charge in [-0.2, -0.15) is 0 Å². The first-order valence-electron chi connectivity index (χ1n) is 4.21. The van der Waals surface area contributed by atoms with Crippen LogP contribution in [0.15, 0.2) is 30.5 Å². The van der Waals surface area contributed by atoms with Crippen LogP contribution in [0.5, 0.6) is 11.5 Å². The molecule has 6 heteroatoms. The van der Waals surface area contributed by atoms with E-state index in [1.54, 1.807) is 7.11 Å². The van der Waals surface area contributed by atoms with Gasteiger partial charge in [-0.3, -0.25) is 0 Å². The first-order valence-corrected chi connectivity index (χ1v) is 7.38. The molecule has 0 fully saturated rings. The van der Waals surface area contributed by atoms with Gasteiger partial charge < -0.3 is 9.47 Å². The highest BCUT2D eigenvalue weighted by Crippen LogP contribution is 2.37. The summed E-state index contributed by atoms with van der Waals surface area (Å²) in [6, 6.07) is 3.72. The van der Waals surface area contributed by atoms with Gasteiger partial charge in [-0.05, 0) is 81.9 Å². The fourth-order valence-electron chi connectivity index (χ4n) is 1.02. The van der Waals surface area contributed by atoms with Crippen LogP contribution in [0.1, 0.15) is 0 Å². The summed E-state index contributed by atoms with van der Waals surface area (Å²) in [4.78, 5) is 0. The van der Waals surface area contributed by atoms with Crippen LogP contribution in [-0.2, 0) is 0 Å². The Morgan fingerprint density at radius 1 is 1.25 bits per heavy atom. The van der Waals surface area contributed by atoms with Crippen molar-refractivity contribution >= 4 is 63.7 Å². The van der Waals surface area contributed by atoms with Crippen molar-refractivity contribution in [2.75, 3.05) is 13.7 Å². The summed E-state index contributed by atoms with van der Waals surface area (Å²) in [5, 5.41) is 0. The number of halogens is 4. The first kappa shape index (κ1) is 14.5. The van der Waals surface area contributed by atoms with Crippen molar-refractivity contribution in [2.45, 2.75) is 0 Å². The summed E-state index contributed by atoms with van der Waals surface area (Å²) in [7, 11) is 1.62. The van der Waals surface area contributed by atoms with E-state index in [4.69, 9.17) is 9.47 Å². The van der Waals surface area contributed by atoms with E-state index >= 15 is 0 Å². The zero-order chi connectivity index (χ0) is 12.1. The SMILES string of the molecule is COc1c(Br)cc(OCC=C(Br)Br)cc1Br. The maximum Gasteiger partial charge on any atom is 0.147 e. The molecule has 0 aliphatic rings. The van der Waals surface area contributed by atoms with Gasteiger partial charge in [0, 0.05) is 0 Å². The van der Waals surface area contributed by atoms with Crippen LogP contribution in [0, 0.1) is 0 Å². The molecule has 0 saturated heterocycles. The van der Waals surface area contributed by atoms with Crippen LogP contribution >= 0.6 is 63.7 Å². The summed E-state index contributed by atoms with van der Waals surface area (Å²) in [6.45, 7) is 0.483. The Bertz CT molecular complexity index is 377. The molecule has 1 rings (SSSR count). The average Bonchev–Trinajstić information content (AvgIpc) is 2.16. The van der Waals surface area contributed by atoms with Gasteiger partial charge in [-0.25, -0.2) is 0 Å². The minimum absolute atomic E-state index is 0.483. The molecule has 0 aromatic heterocycles. The molecule has 88 valence electrons. The molecule has 0 spiro atoms. The molecule has 16 heavy (non-hydrogen) atoms. The normalized spacial score (nSPS) is 9.81. The highest BCUT2D eigenvalue weighted by Gasteiger charge is 2.08. The van der Waals surface area contributed by atoms with Crippen molar-refractivity contribution in [3.8, 4) is 11.5 Å². The van der Waals surface area contributed by atoms with Gasteiger partial charge in [-0.15, -0.1) is 0 Å². The van der Waals surface area contributed by atoms with E-state index in [0.29, 0.717) is 6.61 Å². The van der Waals surface area contributed by atoms with Crippen molar-refractivity contribution < 1.29 is 9.47 Å². The Kier molecular flexibility index (Phi) is 6.39. The summed E-state index contributed by atoms with van der Waals surface area (Å²) in [5.41, 5.74) is 0. The lowest BCUT2D eigenvalue weighted by atomic mass is 10.3. The van der Waals surface area contributed by atoms with Gasteiger partial charge in [0.2, 0.25) is 0 Å². The standard InChI is InChI=1S/C10H8Br4O2/c1-15-10-7(11)4-6(5-8(10)12)16-3-2-9(13)14/h2,4-5H,3H2,1H3. The van der Waals surface area contributed by atoms with E-state index in [1.807, 2.05) is 18.2 Å². The molecular formula is C10H8Br4O2. The second-order valence-corrected chi connectivity index (χ2v) is 7.21. The molecule has 2 nitrogen and oxygen atoms in total. The van der Waals surface area contributed by atoms with Crippen LogP contribution in [0.25, 0.3) is 0 Å². The zero-order valence-electron chi connectivity index (χ0n) is 8.27. The Morgan fingerprint density at radius 3 is 2.25 bits per heavy atom. The van der Waals surface area contributed by atoms with E-state index in [2.05, 4.69) is 63.7 Å². The minimum Gasteiger partial charge on any atom is -0.494 e. The summed E-state index contributed by atoms with van der Waals surface area (Å²) in [5.74, 6) is 1.52. The van der Waals surface area contributed by atoms with Crippen LogP contribution < -0.4 is 9.47 Å². The highest BCUT2D eigenvalue weighted by molar-refractivity contribution is 9.28. The fourth-order valence-corrected chi connectivity index (χ4v) is 2.75. The molecule has 0 bridgehead atoms. The smallest absolute Gasteiger partial charge is 0.147 e. The molecule has 0 amide bonds. The molecule has 0 heterocycles. The summed E-state index contributed by atoms with van der Waals surface area (Å²) >= 11 is 13.3. The third-order valence-electron chi connectivity index (χ3n) is 1.66. The molecule has 0 unspecified atom stereocenters. The van der Waals surface area contributed by atoms with Gasteiger partial charge in [0.1, 0.15) is 18.1 Å². The maximum atomic E-state index is 5.53. The Hall–Kier alpha value is 0.480. The predicted molar refractivity (Wildman–Crippen MR) is 79.8 cm³/mol. The first-order chi connectivity index (χ1) is 7.54. The van der Waals surface area contributed by atoms with Crippen LogP contribution in [-0.4, -0.2) is 13.7 Å². The maximum absolute atomic E-state index is 5.53. The van der Waals surface area contributed by atoms with E-state index in [1.165, 1.54) is 0 Å². The number of hydrogen-bond acceptors (Lipinski definition) is 2. The van der Waals surface area contributed by atoms with Crippen molar-refractivity contribution in [3.63, 3.8) is 0 Å². The van der Waals surface area contributed by atoms with E-state index in [9.17, 15) is 0 Å². The number of hydrogen-bond donors (Lipinski definition) is 0. The Labute approximate surface area is 128 Å². The van der Waals surface area contributed by atoms with Gasteiger partial charge in [0.15, 0.2) is 0 Å². The minimum atomic E-state index is 0.483. The molecule has 0 saturated carbocycles. The van der Waals surface area contributed by atoms with Gasteiger partial charge in [-0.1, -0.05) is 0 Å². The van der Waals surface area contributed by atoms with E-state index in [0.717, 1.165) is 23.8 Å². The summed E-state index contributed by atoms with van der Waals surface area (Å²) in [6.07, 6.45) is 1.87. The lowest BCUT2D eigenvalue weighted by molar-refractivity contribution is 0.359. The molecule has 1 aromatic rings. The number of rotatable bonds is 4. The number of methoxy groups -OCH3 is 1. The molecule has 0 aliphatic carbocycles. The second kappa shape index (κ2) is 7.03. The molecule has 1 aromatic carbocycles. The number of ether oxygens (including phenoxy) is 2. The average molecular weight is 480 g/mol. The quantitative estimate of drug-likeness (QED) is 0.589. The lowest BCUT2D eigenvalue weighted by Crippen LogP contribution is -1.95.